The zero-order valence-electron chi connectivity index (χ0n) is 18.9. The number of rotatable bonds is 9. The van der Waals surface area contributed by atoms with Crippen molar-refractivity contribution in [3.63, 3.8) is 0 Å². The van der Waals surface area contributed by atoms with Crippen LogP contribution in [0.2, 0.25) is 0 Å². The fourth-order valence-corrected chi connectivity index (χ4v) is 10.8. The highest BCUT2D eigenvalue weighted by atomic mass is 28.4. The van der Waals surface area contributed by atoms with Gasteiger partial charge in [0.1, 0.15) is 0 Å². The van der Waals surface area contributed by atoms with Gasteiger partial charge in [-0.3, -0.25) is 13.7 Å². The van der Waals surface area contributed by atoms with Gasteiger partial charge in [-0.1, -0.05) is 83.1 Å². The fourth-order valence-electron chi connectivity index (χ4n) is 4.79. The summed E-state index contributed by atoms with van der Waals surface area (Å²) in [5.74, 6) is -4.31. The Labute approximate surface area is 161 Å². The third-order valence-corrected chi connectivity index (χ3v) is 10.8. The maximum absolute atomic E-state index is 15.2. The van der Waals surface area contributed by atoms with E-state index in [0.29, 0.717) is 0 Å². The van der Waals surface area contributed by atoms with Crippen LogP contribution in [0.15, 0.2) is 0 Å². The molecule has 0 amide bonds. The van der Waals surface area contributed by atoms with Crippen LogP contribution < -0.4 is 0 Å². The van der Waals surface area contributed by atoms with Crippen LogP contribution in [0.4, 0.5) is 13.2 Å². The van der Waals surface area contributed by atoms with Crippen LogP contribution in [0, 0.1) is 0 Å². The molecule has 0 aliphatic heterocycles. The molecule has 0 heterocycles. The summed E-state index contributed by atoms with van der Waals surface area (Å²) in [4.78, 5) is 0. The summed E-state index contributed by atoms with van der Waals surface area (Å²) < 4.78 is 51.0. The Hall–Kier alpha value is -0.113. The molecule has 7 heteroatoms. The minimum Gasteiger partial charge on any atom is -0.288 e. The standard InChI is InChI=1S/C19H42F3N3Si/c1-13(2)23(14(3)4)26(19(20,21)22,24(15(5)6)16(7)8)25(17(9)10)18(11)12/h13-18H,1-12H3. The predicted molar refractivity (Wildman–Crippen MR) is 108 cm³/mol. The first-order chi connectivity index (χ1) is 11.5. The molecule has 0 aliphatic carbocycles. The Kier molecular flexibility index (Phi) is 9.35. The second-order valence-corrected chi connectivity index (χ2v) is 12.3. The summed E-state index contributed by atoms with van der Waals surface area (Å²) in [7, 11) is -4.26. The topological polar surface area (TPSA) is 9.72 Å². The SMILES string of the molecule is CC(C)N(C(C)C)[Si](N(C(C)C)C(C)C)(N(C(C)C)C(C)C)C(F)(F)F. The molecular formula is C19H42F3N3Si. The molecule has 0 saturated heterocycles. The van der Waals surface area contributed by atoms with E-state index in [9.17, 15) is 0 Å². The van der Waals surface area contributed by atoms with E-state index in [0.717, 1.165) is 0 Å². The molecule has 0 saturated carbocycles. The average Bonchev–Trinajstić information content (AvgIpc) is 2.33. The highest BCUT2D eigenvalue weighted by Gasteiger charge is 2.72. The van der Waals surface area contributed by atoms with Crippen molar-refractivity contribution in [2.24, 2.45) is 0 Å². The molecule has 0 spiro atoms. The molecule has 0 aliphatic rings. The molecule has 3 nitrogen and oxygen atoms in total. The quantitative estimate of drug-likeness (QED) is 0.483. The monoisotopic (exact) mass is 397 g/mol. The minimum absolute atomic E-state index is 0.205. The second-order valence-electron chi connectivity index (χ2n) is 8.92. The van der Waals surface area contributed by atoms with E-state index in [-0.39, 0.29) is 36.3 Å². The molecular weight excluding hydrogens is 355 g/mol. The van der Waals surface area contributed by atoms with Crippen molar-refractivity contribution < 1.29 is 13.2 Å². The summed E-state index contributed by atoms with van der Waals surface area (Å²) in [6, 6.07) is -1.23. The van der Waals surface area contributed by atoms with Crippen LogP contribution in [0.1, 0.15) is 83.1 Å². The lowest BCUT2D eigenvalue weighted by Crippen LogP contribution is -2.87. The first-order valence-corrected chi connectivity index (χ1v) is 11.8. The number of nitrogens with zero attached hydrogens (tertiary/aromatic N) is 3. The number of halogens is 3. The predicted octanol–water partition coefficient (Wildman–Crippen LogP) is 5.38. The van der Waals surface area contributed by atoms with Gasteiger partial charge in [-0.05, 0) is 0 Å². The van der Waals surface area contributed by atoms with Gasteiger partial charge in [-0.25, -0.2) is 0 Å². The van der Waals surface area contributed by atoms with Crippen LogP contribution in [0.3, 0.4) is 0 Å². The van der Waals surface area contributed by atoms with Gasteiger partial charge in [-0.2, -0.15) is 13.2 Å². The molecule has 0 atom stereocenters. The highest BCUT2D eigenvalue weighted by molar-refractivity contribution is 6.74. The van der Waals surface area contributed by atoms with Crippen molar-refractivity contribution in [3.05, 3.63) is 0 Å². The molecule has 0 aromatic carbocycles. The van der Waals surface area contributed by atoms with Crippen LogP contribution in [-0.2, 0) is 0 Å². The Bertz CT molecular complexity index is 346. The molecule has 0 aromatic heterocycles. The van der Waals surface area contributed by atoms with Crippen molar-refractivity contribution in [3.8, 4) is 0 Å². The minimum atomic E-state index is -4.31. The summed E-state index contributed by atoms with van der Waals surface area (Å²) in [6.07, 6.45) is 0. The molecule has 0 bridgehead atoms. The summed E-state index contributed by atoms with van der Waals surface area (Å²) in [5.41, 5.74) is 0. The molecule has 0 N–H and O–H groups in total. The van der Waals surface area contributed by atoms with E-state index in [1.807, 2.05) is 83.1 Å². The van der Waals surface area contributed by atoms with E-state index in [1.54, 1.807) is 13.7 Å². The van der Waals surface area contributed by atoms with Crippen molar-refractivity contribution in [1.82, 2.24) is 13.7 Å². The van der Waals surface area contributed by atoms with Gasteiger partial charge in [0, 0.05) is 36.3 Å². The maximum atomic E-state index is 15.2. The molecule has 0 aromatic rings. The summed E-state index contributed by atoms with van der Waals surface area (Å²) in [5, 5.41) is 0. The third kappa shape index (κ3) is 4.83. The average molecular weight is 398 g/mol. The number of hydrogen-bond donors (Lipinski definition) is 0. The van der Waals surface area contributed by atoms with E-state index in [1.165, 1.54) is 0 Å². The van der Waals surface area contributed by atoms with Gasteiger partial charge in [0.15, 0.2) is 0 Å². The summed E-state index contributed by atoms with van der Waals surface area (Å²) in [6.45, 7) is 22.7. The van der Waals surface area contributed by atoms with Gasteiger partial charge in [0.2, 0.25) is 0 Å². The molecule has 0 radical (unpaired) electrons. The van der Waals surface area contributed by atoms with Gasteiger partial charge < -0.3 is 0 Å². The van der Waals surface area contributed by atoms with Crippen LogP contribution >= 0.6 is 0 Å². The first-order valence-electron chi connectivity index (χ1n) is 9.97. The van der Waals surface area contributed by atoms with Crippen molar-refractivity contribution in [2.75, 3.05) is 0 Å². The number of alkyl halides is 3. The number of hydrogen-bond acceptors (Lipinski definition) is 3. The molecule has 26 heavy (non-hydrogen) atoms. The lowest BCUT2D eigenvalue weighted by molar-refractivity contribution is -0.103. The van der Waals surface area contributed by atoms with Gasteiger partial charge in [-0.15, -0.1) is 0 Å². The van der Waals surface area contributed by atoms with Crippen molar-refractivity contribution in [2.45, 2.75) is 125 Å². The lowest BCUT2D eigenvalue weighted by Gasteiger charge is -2.60. The van der Waals surface area contributed by atoms with Crippen LogP contribution in [0.5, 0.6) is 0 Å². The van der Waals surface area contributed by atoms with Crippen molar-refractivity contribution >= 4 is 8.56 Å². The van der Waals surface area contributed by atoms with Crippen LogP contribution in [0.25, 0.3) is 0 Å². The fraction of sp³-hybridized carbons (Fsp3) is 1.00. The molecule has 0 rings (SSSR count). The van der Waals surface area contributed by atoms with E-state index in [4.69, 9.17) is 0 Å². The molecule has 0 unspecified atom stereocenters. The zero-order chi connectivity index (χ0) is 21.2. The Morgan fingerprint density at radius 1 is 0.462 bits per heavy atom. The van der Waals surface area contributed by atoms with Gasteiger partial charge in [0.05, 0.1) is 0 Å². The van der Waals surface area contributed by atoms with Gasteiger partial charge in [0.25, 0.3) is 0 Å². The van der Waals surface area contributed by atoms with E-state index < -0.39 is 14.4 Å². The maximum Gasteiger partial charge on any atom is 0.412 e. The molecule has 0 fully saturated rings. The smallest absolute Gasteiger partial charge is 0.288 e. The zero-order valence-corrected chi connectivity index (χ0v) is 19.9. The van der Waals surface area contributed by atoms with Gasteiger partial charge >= 0.3 is 14.4 Å². The van der Waals surface area contributed by atoms with E-state index in [2.05, 4.69) is 0 Å². The Balaban J connectivity index is 7.27. The van der Waals surface area contributed by atoms with E-state index >= 15 is 13.2 Å². The lowest BCUT2D eigenvalue weighted by atomic mass is 10.3. The third-order valence-electron chi connectivity index (χ3n) is 4.80. The summed E-state index contributed by atoms with van der Waals surface area (Å²) >= 11 is 0. The Morgan fingerprint density at radius 3 is 0.692 bits per heavy atom. The highest BCUT2D eigenvalue weighted by Crippen LogP contribution is 2.43. The second kappa shape index (κ2) is 9.39. The largest absolute Gasteiger partial charge is 0.412 e. The molecule has 158 valence electrons. The normalized spacial score (nSPS) is 14.8. The Morgan fingerprint density at radius 2 is 0.615 bits per heavy atom. The van der Waals surface area contributed by atoms with Crippen LogP contribution in [-0.4, -0.2) is 64.3 Å². The first kappa shape index (κ1) is 25.9. The van der Waals surface area contributed by atoms with Crippen molar-refractivity contribution in [1.29, 1.82) is 0 Å².